The van der Waals surface area contributed by atoms with Crippen molar-refractivity contribution in [3.63, 3.8) is 0 Å². The summed E-state index contributed by atoms with van der Waals surface area (Å²) in [6, 6.07) is 3.25. The molecule has 28 heteroatoms. The predicted molar refractivity (Wildman–Crippen MR) is 281 cm³/mol. The van der Waals surface area contributed by atoms with Crippen LogP contribution in [0.1, 0.15) is 76.1 Å². The summed E-state index contributed by atoms with van der Waals surface area (Å²) < 4.78 is 0. The van der Waals surface area contributed by atoms with Crippen molar-refractivity contribution in [1.82, 2.24) is 57.8 Å². The third-order valence-electron chi connectivity index (χ3n) is 11.6. The minimum atomic E-state index is -1.68. The van der Waals surface area contributed by atoms with E-state index in [4.69, 9.17) is 33.8 Å². The van der Waals surface area contributed by atoms with Crippen LogP contribution in [-0.2, 0) is 62.4 Å². The Morgan fingerprint density at radius 2 is 1.04 bits per heavy atom. The topological polar surface area (TPSA) is 483 Å². The molecule has 0 aliphatic heterocycles. The number of aromatic hydroxyl groups is 1. The molecular formula is C49H73N17O11. The van der Waals surface area contributed by atoms with E-state index in [1.165, 1.54) is 37.5 Å². The van der Waals surface area contributed by atoms with Gasteiger partial charge in [-0.15, -0.1) is 0 Å². The number of carbonyl (C=O) groups excluding carboxylic acids is 8. The zero-order valence-electron chi connectivity index (χ0n) is 43.2. The molecule has 2 aromatic carbocycles. The highest BCUT2D eigenvalue weighted by molar-refractivity contribution is 5.98. The zero-order valence-corrected chi connectivity index (χ0v) is 43.2. The SMILES string of the molecule is CC(C)C[C@H](NC(=O)[C@H](CCCNC(=N)N)NC(=O)[C@H](Cc1ccc(O)cc1)NC(=O)[C@H](Cc1ccccc1)NC(=O)[C@H](CCCNC(=N)N)NC(=O)[C@@H](N)Cc1c[nH]cn1)C(=O)N[C@@H](C)C(=O)N[C@@H](CC(N)=O)C(=O)O. The van der Waals surface area contributed by atoms with Gasteiger partial charge in [0.2, 0.25) is 47.3 Å². The van der Waals surface area contributed by atoms with Gasteiger partial charge in [-0.1, -0.05) is 56.3 Å². The fourth-order valence-corrected chi connectivity index (χ4v) is 7.60. The van der Waals surface area contributed by atoms with Crippen LogP contribution in [0.5, 0.6) is 5.75 Å². The van der Waals surface area contributed by atoms with Gasteiger partial charge in [-0.25, -0.2) is 9.78 Å². The van der Waals surface area contributed by atoms with Crippen molar-refractivity contribution in [3.8, 4) is 5.75 Å². The summed E-state index contributed by atoms with van der Waals surface area (Å²) in [5.41, 5.74) is 23.8. The van der Waals surface area contributed by atoms with Gasteiger partial charge in [0.15, 0.2) is 11.9 Å². The van der Waals surface area contributed by atoms with Crippen LogP contribution in [0.4, 0.5) is 0 Å². The highest BCUT2D eigenvalue weighted by atomic mass is 16.4. The maximum Gasteiger partial charge on any atom is 0.326 e. The van der Waals surface area contributed by atoms with Gasteiger partial charge in [-0.2, -0.15) is 0 Å². The molecule has 0 fully saturated rings. The lowest BCUT2D eigenvalue weighted by Gasteiger charge is -2.28. The van der Waals surface area contributed by atoms with E-state index in [9.17, 15) is 53.4 Å². The molecule has 420 valence electrons. The number of aromatic nitrogens is 2. The normalized spacial score (nSPS) is 14.0. The fourth-order valence-electron chi connectivity index (χ4n) is 7.60. The molecule has 3 rings (SSSR count). The first-order valence-corrected chi connectivity index (χ1v) is 24.8. The Morgan fingerprint density at radius 3 is 1.51 bits per heavy atom. The van der Waals surface area contributed by atoms with Crippen LogP contribution >= 0.6 is 0 Å². The number of carboxylic acid groups (broad SMARTS) is 1. The molecule has 28 nitrogen and oxygen atoms in total. The number of nitrogens with two attached hydrogens (primary N) is 4. The van der Waals surface area contributed by atoms with Crippen molar-refractivity contribution in [2.24, 2.45) is 28.9 Å². The number of nitrogens with one attached hydrogen (secondary N) is 12. The summed E-state index contributed by atoms with van der Waals surface area (Å²) in [5, 5.41) is 57.9. The molecule has 3 aromatic rings. The molecule has 0 saturated carbocycles. The number of aliphatic carboxylic acids is 1. The van der Waals surface area contributed by atoms with E-state index in [1.54, 1.807) is 50.4 Å². The second-order valence-electron chi connectivity index (χ2n) is 18.6. The zero-order chi connectivity index (χ0) is 57.2. The van der Waals surface area contributed by atoms with Crippen molar-refractivity contribution in [2.45, 2.75) is 127 Å². The van der Waals surface area contributed by atoms with Crippen LogP contribution < -0.4 is 70.8 Å². The fraction of sp³-hybridized carbons (Fsp3) is 0.469. The average Bonchev–Trinajstić information content (AvgIpc) is 3.88. The van der Waals surface area contributed by atoms with Crippen LogP contribution in [-0.4, -0.2) is 147 Å². The van der Waals surface area contributed by atoms with Gasteiger partial charge >= 0.3 is 5.97 Å². The first kappa shape index (κ1) is 62.5. The monoisotopic (exact) mass is 1080 g/mol. The minimum absolute atomic E-state index is 0.00356. The number of imidazole rings is 1. The summed E-state index contributed by atoms with van der Waals surface area (Å²) in [4.78, 5) is 128. The van der Waals surface area contributed by atoms with E-state index >= 15 is 0 Å². The number of primary amides is 1. The molecule has 0 spiro atoms. The number of guanidine groups is 2. The molecule has 8 amide bonds. The van der Waals surface area contributed by atoms with Crippen LogP contribution in [0.3, 0.4) is 0 Å². The van der Waals surface area contributed by atoms with Gasteiger partial charge in [0.05, 0.1) is 24.5 Å². The summed E-state index contributed by atoms with van der Waals surface area (Å²) in [5.74, 6) is -9.48. The molecule has 1 aromatic heterocycles. The standard InChI is InChI=1S/C49H73N17O11/c1-26(2)19-35(44(73)60-27(3)40(69)66-38(47(76)77)23-39(51)68)63-43(72)34(12-8-18-58-49(54)55)62-45(74)37(21-29-13-15-31(67)16-14-29)65-46(75)36(20-28-9-5-4-6-10-28)64-42(71)33(11-7-17-57-48(52)53)61-41(70)32(50)22-30-24-56-25-59-30/h4-6,9-10,13-16,24-27,32-38,67H,7-8,11-12,17-23,50H2,1-3H3,(H2,51,68)(H,56,59)(H,60,73)(H,61,70)(H,62,74)(H,63,72)(H,64,71)(H,65,75)(H,66,69)(H,76,77)(H4,52,53,57)(H4,54,55,58)/t27-,32-,33-,34-,35-,36-,37-,38-/m0/s1. The molecule has 0 aliphatic carbocycles. The lowest BCUT2D eigenvalue weighted by molar-refractivity contribution is -0.143. The Hall–Kier alpha value is -8.82. The first-order chi connectivity index (χ1) is 36.4. The van der Waals surface area contributed by atoms with Crippen molar-refractivity contribution in [1.29, 1.82) is 10.8 Å². The number of nitrogens with zero attached hydrogens (tertiary/aromatic N) is 1. The maximum absolute atomic E-state index is 14.6. The third kappa shape index (κ3) is 23.5. The van der Waals surface area contributed by atoms with E-state index in [2.05, 4.69) is 57.8 Å². The minimum Gasteiger partial charge on any atom is -0.508 e. The summed E-state index contributed by atoms with van der Waals surface area (Å²) in [6.07, 6.45) is 2.22. The van der Waals surface area contributed by atoms with Gasteiger partial charge in [-0.3, -0.25) is 49.2 Å². The number of benzene rings is 2. The molecule has 0 unspecified atom stereocenters. The Bertz CT molecular complexity index is 2480. The van der Waals surface area contributed by atoms with E-state index in [0.717, 1.165) is 0 Å². The van der Waals surface area contributed by atoms with Gasteiger partial charge in [0, 0.05) is 38.5 Å². The molecular weight excluding hydrogens is 1000 g/mol. The summed E-state index contributed by atoms with van der Waals surface area (Å²) >= 11 is 0. The highest BCUT2D eigenvalue weighted by Gasteiger charge is 2.35. The molecule has 0 radical (unpaired) electrons. The smallest absolute Gasteiger partial charge is 0.326 e. The van der Waals surface area contributed by atoms with Crippen molar-refractivity contribution < 1.29 is 53.4 Å². The lowest BCUT2D eigenvalue weighted by atomic mass is 10.00. The summed E-state index contributed by atoms with van der Waals surface area (Å²) in [6.45, 7) is 4.99. The lowest BCUT2D eigenvalue weighted by Crippen LogP contribution is -2.60. The summed E-state index contributed by atoms with van der Waals surface area (Å²) in [7, 11) is 0. The maximum atomic E-state index is 14.6. The van der Waals surface area contributed by atoms with Crippen molar-refractivity contribution >= 4 is 65.1 Å². The number of aromatic amines is 1. The Balaban J connectivity index is 1.98. The van der Waals surface area contributed by atoms with Crippen LogP contribution in [0.2, 0.25) is 0 Å². The molecule has 0 aliphatic rings. The molecule has 77 heavy (non-hydrogen) atoms. The number of hydrogen-bond acceptors (Lipinski definition) is 14. The average molecular weight is 1080 g/mol. The van der Waals surface area contributed by atoms with Gasteiger partial charge in [0.25, 0.3) is 0 Å². The van der Waals surface area contributed by atoms with Crippen LogP contribution in [0.15, 0.2) is 67.1 Å². The van der Waals surface area contributed by atoms with E-state index < -0.39 is 108 Å². The van der Waals surface area contributed by atoms with Gasteiger partial charge < -0.3 is 86.0 Å². The first-order valence-electron chi connectivity index (χ1n) is 24.8. The Labute approximate surface area is 444 Å². The second-order valence-corrected chi connectivity index (χ2v) is 18.6. The highest BCUT2D eigenvalue weighted by Crippen LogP contribution is 2.14. The van der Waals surface area contributed by atoms with E-state index in [-0.39, 0.29) is 88.0 Å². The number of phenolic OH excluding ortho intramolecular Hbond substituents is 1. The number of phenols is 1. The molecule has 22 N–H and O–H groups in total. The number of carbonyl (C=O) groups is 9. The number of hydrogen-bond donors (Lipinski definition) is 18. The van der Waals surface area contributed by atoms with Crippen LogP contribution in [0.25, 0.3) is 0 Å². The number of rotatable bonds is 33. The molecule has 1 heterocycles. The van der Waals surface area contributed by atoms with Crippen molar-refractivity contribution in [3.05, 3.63) is 83.9 Å². The van der Waals surface area contributed by atoms with Crippen molar-refractivity contribution in [2.75, 3.05) is 13.1 Å². The largest absolute Gasteiger partial charge is 0.508 e. The molecule has 0 saturated heterocycles. The van der Waals surface area contributed by atoms with Gasteiger partial charge in [-0.05, 0) is 68.2 Å². The number of H-pyrrole nitrogens is 1. The van der Waals surface area contributed by atoms with Gasteiger partial charge in [0.1, 0.15) is 48.0 Å². The second kappa shape index (κ2) is 31.8. The number of amides is 8. The Morgan fingerprint density at radius 1 is 0.584 bits per heavy atom. The quantitative estimate of drug-likeness (QED) is 0.0159. The Kier molecular flexibility index (Phi) is 25.8. The number of carboxylic acids is 1. The van der Waals surface area contributed by atoms with Crippen LogP contribution in [0, 0.1) is 16.7 Å². The third-order valence-corrected chi connectivity index (χ3v) is 11.6. The predicted octanol–water partition coefficient (Wildman–Crippen LogP) is -3.58. The van der Waals surface area contributed by atoms with E-state index in [1.807, 2.05) is 0 Å². The molecule has 8 atom stereocenters. The molecule has 0 bridgehead atoms. The van der Waals surface area contributed by atoms with E-state index in [0.29, 0.717) is 16.8 Å².